The van der Waals surface area contributed by atoms with Crippen LogP contribution in [0.25, 0.3) is 0 Å². The Morgan fingerprint density at radius 3 is 2.17 bits per heavy atom. The van der Waals surface area contributed by atoms with E-state index in [0.29, 0.717) is 32.5 Å². The minimum Gasteiger partial charge on any atom is -0.465 e. The van der Waals surface area contributed by atoms with Crippen molar-refractivity contribution in [2.75, 3.05) is 31.6 Å². The number of piperidine rings is 1. The fourth-order valence-corrected chi connectivity index (χ4v) is 6.10. The van der Waals surface area contributed by atoms with E-state index < -0.39 is 17.4 Å². The molecule has 0 spiro atoms. The molecule has 0 unspecified atom stereocenters. The van der Waals surface area contributed by atoms with E-state index in [0.717, 1.165) is 35.2 Å². The van der Waals surface area contributed by atoms with Crippen molar-refractivity contribution >= 4 is 29.6 Å². The van der Waals surface area contributed by atoms with Crippen LogP contribution in [0.1, 0.15) is 69.2 Å². The molecule has 42 heavy (non-hydrogen) atoms. The molecule has 2 heterocycles. The molecule has 0 aliphatic carbocycles. The van der Waals surface area contributed by atoms with Gasteiger partial charge in [0.25, 0.3) is 0 Å². The lowest BCUT2D eigenvalue weighted by atomic mass is 9.77. The maximum Gasteiger partial charge on any atom is 0.324 e. The molecule has 0 bridgehead atoms. The summed E-state index contributed by atoms with van der Waals surface area (Å²) >= 11 is 0. The van der Waals surface area contributed by atoms with Crippen molar-refractivity contribution in [3.8, 4) is 0 Å². The second-order valence-electron chi connectivity index (χ2n) is 11.0. The zero-order valence-corrected chi connectivity index (χ0v) is 25.2. The fraction of sp³-hybridized carbons (Fsp3) is 0.515. The molecule has 0 atom stereocenters. The number of urea groups is 1. The quantitative estimate of drug-likeness (QED) is 0.301. The van der Waals surface area contributed by atoms with Crippen molar-refractivity contribution in [2.45, 2.75) is 78.8 Å². The number of nitrogens with zero attached hydrogens (tertiary/aromatic N) is 2. The van der Waals surface area contributed by atoms with Crippen molar-refractivity contribution in [1.82, 2.24) is 9.80 Å². The van der Waals surface area contributed by atoms with E-state index in [4.69, 9.17) is 9.47 Å². The number of amides is 3. The summed E-state index contributed by atoms with van der Waals surface area (Å²) in [5, 5.41) is 2.96. The van der Waals surface area contributed by atoms with E-state index in [9.17, 15) is 19.2 Å². The lowest BCUT2D eigenvalue weighted by Gasteiger charge is -2.41. The summed E-state index contributed by atoms with van der Waals surface area (Å²) < 4.78 is 10.8. The standard InChI is InChI=1S/C33H43N3O6/c1-5-24-14-13-23(19-25(24)6-2)20-33(30(38)41-7-3,31(39)42-8-4)21-29(37)35-17-15-27(16-18-35)36-22-26-11-9-10-12-28(26)34-32(36)40/h9-14,19,27H,5-8,15-18,20-22H2,1-4H3,(H,34,40). The van der Waals surface area contributed by atoms with Crippen LogP contribution in [0, 0.1) is 5.41 Å². The molecule has 1 fully saturated rings. The van der Waals surface area contributed by atoms with Gasteiger partial charge in [0.1, 0.15) is 0 Å². The highest BCUT2D eigenvalue weighted by molar-refractivity contribution is 6.04. The van der Waals surface area contributed by atoms with E-state index >= 15 is 0 Å². The van der Waals surface area contributed by atoms with Gasteiger partial charge in [-0.3, -0.25) is 14.4 Å². The first-order chi connectivity index (χ1) is 20.3. The number of benzene rings is 2. The number of hydrogen-bond acceptors (Lipinski definition) is 6. The third-order valence-electron chi connectivity index (χ3n) is 8.44. The van der Waals surface area contributed by atoms with Gasteiger partial charge in [-0.15, -0.1) is 0 Å². The molecule has 9 nitrogen and oxygen atoms in total. The number of likely N-dealkylation sites (tertiary alicyclic amines) is 1. The van der Waals surface area contributed by atoms with E-state index in [1.807, 2.05) is 47.4 Å². The van der Waals surface area contributed by atoms with Gasteiger partial charge in [-0.05, 0) is 74.3 Å². The minimum absolute atomic E-state index is 0.0111. The summed E-state index contributed by atoms with van der Waals surface area (Å²) in [6.07, 6.45) is 2.57. The molecule has 226 valence electrons. The molecule has 3 amide bonds. The van der Waals surface area contributed by atoms with Gasteiger partial charge in [-0.25, -0.2) is 4.79 Å². The van der Waals surface area contributed by atoms with Gasteiger partial charge in [-0.2, -0.15) is 0 Å². The highest BCUT2D eigenvalue weighted by Gasteiger charge is 2.51. The maximum absolute atomic E-state index is 13.8. The van der Waals surface area contributed by atoms with E-state index in [1.54, 1.807) is 18.7 Å². The molecule has 2 aliphatic rings. The first kappa shape index (κ1) is 31.1. The highest BCUT2D eigenvalue weighted by Crippen LogP contribution is 2.34. The Morgan fingerprint density at radius 2 is 1.55 bits per heavy atom. The average molecular weight is 578 g/mol. The van der Waals surface area contributed by atoms with Crippen LogP contribution in [0.3, 0.4) is 0 Å². The van der Waals surface area contributed by atoms with Crippen LogP contribution in [-0.2, 0) is 49.7 Å². The third kappa shape index (κ3) is 6.61. The van der Waals surface area contributed by atoms with E-state index in [1.165, 1.54) is 5.56 Å². The normalized spacial score (nSPS) is 15.6. The molecule has 2 aromatic carbocycles. The Balaban J connectivity index is 1.53. The monoisotopic (exact) mass is 577 g/mol. The lowest BCUT2D eigenvalue weighted by molar-refractivity contribution is -0.175. The number of esters is 2. The first-order valence-electron chi connectivity index (χ1n) is 15.1. The van der Waals surface area contributed by atoms with Crippen LogP contribution >= 0.6 is 0 Å². The lowest BCUT2D eigenvalue weighted by Crippen LogP contribution is -2.53. The maximum atomic E-state index is 13.8. The van der Waals surface area contributed by atoms with Crippen LogP contribution in [0.4, 0.5) is 10.5 Å². The topological polar surface area (TPSA) is 105 Å². The third-order valence-corrected chi connectivity index (χ3v) is 8.44. The Labute approximate surface area is 248 Å². The largest absolute Gasteiger partial charge is 0.465 e. The van der Waals surface area contributed by atoms with Gasteiger partial charge < -0.3 is 24.6 Å². The second kappa shape index (κ2) is 13.9. The number of fused-ring (bicyclic) bond motifs is 1. The summed E-state index contributed by atoms with van der Waals surface area (Å²) in [6, 6.07) is 13.6. The van der Waals surface area contributed by atoms with Crippen molar-refractivity contribution in [3.05, 3.63) is 64.7 Å². The number of carbonyl (C=O) groups is 4. The molecule has 2 aliphatic heterocycles. The Morgan fingerprint density at radius 1 is 0.905 bits per heavy atom. The Bertz CT molecular complexity index is 1280. The smallest absolute Gasteiger partial charge is 0.324 e. The molecular formula is C33H43N3O6. The molecule has 1 N–H and O–H groups in total. The van der Waals surface area contributed by atoms with E-state index in [-0.39, 0.29) is 44.0 Å². The highest BCUT2D eigenvalue weighted by atomic mass is 16.6. The summed E-state index contributed by atoms with van der Waals surface area (Å²) in [6.45, 7) is 9.04. The van der Waals surface area contributed by atoms with Gasteiger partial charge >= 0.3 is 18.0 Å². The minimum atomic E-state index is -1.80. The Hall–Kier alpha value is -3.88. The molecule has 2 aromatic rings. The second-order valence-corrected chi connectivity index (χ2v) is 11.0. The number of para-hydroxylation sites is 1. The van der Waals surface area contributed by atoms with Crippen LogP contribution in [-0.4, -0.2) is 66.0 Å². The van der Waals surface area contributed by atoms with Gasteiger partial charge in [0.15, 0.2) is 5.41 Å². The number of anilines is 1. The zero-order chi connectivity index (χ0) is 30.3. The molecule has 0 saturated carbocycles. The summed E-state index contributed by atoms with van der Waals surface area (Å²) in [5.41, 5.74) is 3.24. The number of aryl methyl sites for hydroxylation is 2. The molecule has 0 radical (unpaired) electrons. The number of rotatable bonds is 11. The van der Waals surface area contributed by atoms with Gasteiger partial charge in [-0.1, -0.05) is 50.2 Å². The summed E-state index contributed by atoms with van der Waals surface area (Å²) in [5.74, 6) is -1.79. The van der Waals surface area contributed by atoms with Crippen LogP contribution in [0.2, 0.25) is 0 Å². The predicted octanol–water partition coefficient (Wildman–Crippen LogP) is 4.90. The van der Waals surface area contributed by atoms with Gasteiger partial charge in [0.2, 0.25) is 5.91 Å². The van der Waals surface area contributed by atoms with Crippen LogP contribution in [0.5, 0.6) is 0 Å². The van der Waals surface area contributed by atoms with Crippen molar-refractivity contribution in [2.24, 2.45) is 5.41 Å². The summed E-state index contributed by atoms with van der Waals surface area (Å²) in [4.78, 5) is 57.2. The SMILES string of the molecule is CCOC(=O)C(CC(=O)N1CCC(N2Cc3ccccc3NC2=O)CC1)(Cc1ccc(CC)c(CC)c1)C(=O)OCC. The predicted molar refractivity (Wildman–Crippen MR) is 160 cm³/mol. The fourth-order valence-electron chi connectivity index (χ4n) is 6.10. The van der Waals surface area contributed by atoms with Crippen molar-refractivity contribution in [3.63, 3.8) is 0 Å². The number of nitrogens with one attached hydrogen (secondary N) is 1. The van der Waals surface area contributed by atoms with Gasteiger partial charge in [0, 0.05) is 31.4 Å². The molecule has 4 rings (SSSR count). The number of carbonyl (C=O) groups excluding carboxylic acids is 4. The number of ether oxygens (including phenoxy) is 2. The van der Waals surface area contributed by atoms with Crippen LogP contribution < -0.4 is 5.32 Å². The number of hydrogen-bond donors (Lipinski definition) is 1. The first-order valence-corrected chi connectivity index (χ1v) is 15.1. The molecule has 9 heteroatoms. The molecule has 1 saturated heterocycles. The molecule has 0 aromatic heterocycles. The summed E-state index contributed by atoms with van der Waals surface area (Å²) in [7, 11) is 0. The van der Waals surface area contributed by atoms with Crippen molar-refractivity contribution in [1.29, 1.82) is 0 Å². The van der Waals surface area contributed by atoms with Gasteiger partial charge in [0.05, 0.1) is 19.6 Å². The molecular weight excluding hydrogens is 534 g/mol. The van der Waals surface area contributed by atoms with Crippen molar-refractivity contribution < 1.29 is 28.7 Å². The zero-order valence-electron chi connectivity index (χ0n) is 25.2. The Kier molecular flexibility index (Phi) is 10.2. The van der Waals surface area contributed by atoms with E-state index in [2.05, 4.69) is 19.2 Å². The average Bonchev–Trinajstić information content (AvgIpc) is 3.00. The van der Waals surface area contributed by atoms with Crippen LogP contribution in [0.15, 0.2) is 42.5 Å².